The Morgan fingerprint density at radius 3 is 2.18 bits per heavy atom. The molecule has 0 radical (unpaired) electrons. The highest BCUT2D eigenvalue weighted by Crippen LogP contribution is 2.34. The van der Waals surface area contributed by atoms with Crippen molar-refractivity contribution < 1.29 is 14.3 Å². The number of carbonyl (C=O) groups is 2. The minimum atomic E-state index is -0.784. The first-order valence-electron chi connectivity index (χ1n) is 9.76. The van der Waals surface area contributed by atoms with Crippen molar-refractivity contribution in [3.63, 3.8) is 0 Å². The zero-order valence-electron chi connectivity index (χ0n) is 17.2. The van der Waals surface area contributed by atoms with Crippen LogP contribution in [0.2, 0.25) is 0 Å². The third kappa shape index (κ3) is 4.49. The molecule has 2 aromatic rings. The average molecular weight is 397 g/mol. The van der Waals surface area contributed by atoms with Crippen molar-refractivity contribution in [1.29, 1.82) is 0 Å². The predicted octanol–water partition coefficient (Wildman–Crippen LogP) is 5.32. The molecule has 0 amide bonds. The lowest BCUT2D eigenvalue weighted by Gasteiger charge is -2.32. The molecule has 3 unspecified atom stereocenters. The fourth-order valence-corrected chi connectivity index (χ4v) is 4.92. The lowest BCUT2D eigenvalue weighted by molar-refractivity contribution is -0.162. The van der Waals surface area contributed by atoms with E-state index in [0.717, 1.165) is 28.0 Å². The average Bonchev–Trinajstić information content (AvgIpc) is 2.62. The Labute approximate surface area is 171 Å². The largest absolute Gasteiger partial charge is 0.461 e. The number of carbonyl (C=O) groups excluding carboxylic acids is 2. The molecule has 3 nitrogen and oxygen atoms in total. The molecule has 1 aliphatic heterocycles. The number of thioether (sulfide) groups is 1. The number of esters is 1. The van der Waals surface area contributed by atoms with E-state index < -0.39 is 11.9 Å². The van der Waals surface area contributed by atoms with Crippen LogP contribution in [0.3, 0.4) is 0 Å². The molecule has 0 bridgehead atoms. The number of hydrogen-bond acceptors (Lipinski definition) is 4. The summed E-state index contributed by atoms with van der Waals surface area (Å²) >= 11 is 1.73. The fraction of sp³-hybridized carbons (Fsp3) is 0.417. The summed E-state index contributed by atoms with van der Waals surface area (Å²) in [5, 5.41) is 0. The number of aryl methyl sites for hydroxylation is 4. The van der Waals surface area contributed by atoms with Crippen molar-refractivity contribution in [2.75, 3.05) is 5.75 Å². The molecular weight excluding hydrogens is 368 g/mol. The van der Waals surface area contributed by atoms with Gasteiger partial charge in [-0.3, -0.25) is 9.59 Å². The SMILES string of the molecule is Cc1ccc(SCC(C)C2CC(=O)C(c3c(C)cc(C)cc3C)C(=O)O2)cc1. The molecule has 1 heterocycles. The Bertz CT molecular complexity index is 844. The van der Waals surface area contributed by atoms with Crippen LogP contribution < -0.4 is 0 Å². The van der Waals surface area contributed by atoms with Crippen molar-refractivity contribution in [2.24, 2.45) is 5.92 Å². The van der Waals surface area contributed by atoms with E-state index >= 15 is 0 Å². The highest BCUT2D eigenvalue weighted by Gasteiger charge is 2.41. The summed E-state index contributed by atoms with van der Waals surface area (Å²) in [6, 6.07) is 12.4. The Morgan fingerprint density at radius 1 is 1.00 bits per heavy atom. The summed E-state index contributed by atoms with van der Waals surface area (Å²) < 4.78 is 5.76. The number of benzene rings is 2. The topological polar surface area (TPSA) is 43.4 Å². The van der Waals surface area contributed by atoms with E-state index in [0.29, 0.717) is 6.42 Å². The smallest absolute Gasteiger partial charge is 0.321 e. The van der Waals surface area contributed by atoms with E-state index in [2.05, 4.69) is 38.1 Å². The molecule has 3 atom stereocenters. The Kier molecular flexibility index (Phi) is 6.29. The highest BCUT2D eigenvalue weighted by molar-refractivity contribution is 7.99. The van der Waals surface area contributed by atoms with Gasteiger partial charge < -0.3 is 4.74 Å². The summed E-state index contributed by atoms with van der Waals surface area (Å²) in [6.07, 6.45) is -0.0565. The second-order valence-corrected chi connectivity index (χ2v) is 9.09. The van der Waals surface area contributed by atoms with Gasteiger partial charge in [0.05, 0.1) is 0 Å². The Hall–Kier alpha value is -2.07. The number of ether oxygens (including phenoxy) is 1. The molecule has 1 saturated heterocycles. The van der Waals surface area contributed by atoms with E-state index in [1.807, 2.05) is 32.9 Å². The quantitative estimate of drug-likeness (QED) is 0.390. The molecule has 0 aromatic heterocycles. The van der Waals surface area contributed by atoms with Gasteiger partial charge in [-0.15, -0.1) is 11.8 Å². The van der Waals surface area contributed by atoms with E-state index in [1.54, 1.807) is 11.8 Å². The Morgan fingerprint density at radius 2 is 1.61 bits per heavy atom. The van der Waals surface area contributed by atoms with Gasteiger partial charge in [0.2, 0.25) is 0 Å². The third-order valence-corrected chi connectivity index (χ3v) is 6.72. The molecule has 2 aromatic carbocycles. The van der Waals surface area contributed by atoms with Crippen LogP contribution in [-0.4, -0.2) is 23.6 Å². The lowest BCUT2D eigenvalue weighted by atomic mass is 9.82. The number of Topliss-reactive ketones (excluding diaryl/α,β-unsaturated/α-hetero) is 1. The van der Waals surface area contributed by atoms with E-state index in [4.69, 9.17) is 4.74 Å². The molecule has 1 fully saturated rings. The molecule has 0 aliphatic carbocycles. The maximum absolute atomic E-state index is 12.9. The summed E-state index contributed by atoms with van der Waals surface area (Å²) in [5.74, 6) is -0.289. The van der Waals surface area contributed by atoms with E-state index in [1.165, 1.54) is 10.5 Å². The van der Waals surface area contributed by atoms with Gasteiger partial charge in [-0.1, -0.05) is 42.3 Å². The lowest BCUT2D eigenvalue weighted by Crippen LogP contribution is -2.41. The molecule has 4 heteroatoms. The van der Waals surface area contributed by atoms with Gasteiger partial charge in [0.1, 0.15) is 12.0 Å². The maximum atomic E-state index is 12.9. The molecule has 1 aliphatic rings. The van der Waals surface area contributed by atoms with Crippen molar-refractivity contribution >= 4 is 23.5 Å². The van der Waals surface area contributed by atoms with Crippen LogP contribution in [0.15, 0.2) is 41.3 Å². The summed E-state index contributed by atoms with van der Waals surface area (Å²) in [6.45, 7) is 10.1. The molecule has 148 valence electrons. The zero-order valence-corrected chi connectivity index (χ0v) is 18.1. The van der Waals surface area contributed by atoms with Gasteiger partial charge >= 0.3 is 5.97 Å². The van der Waals surface area contributed by atoms with Crippen molar-refractivity contribution in [3.05, 3.63) is 64.2 Å². The molecule has 28 heavy (non-hydrogen) atoms. The highest BCUT2D eigenvalue weighted by atomic mass is 32.2. The minimum absolute atomic E-state index is 0.0245. The second-order valence-electron chi connectivity index (χ2n) is 7.99. The van der Waals surface area contributed by atoms with Crippen LogP contribution in [0, 0.1) is 33.6 Å². The van der Waals surface area contributed by atoms with Crippen LogP contribution in [0.1, 0.15) is 47.1 Å². The standard InChI is InChI=1S/C24H28O3S/c1-14-6-8-19(9-7-14)28-13-18(5)21-12-20(25)23(24(26)27-21)22-16(3)10-15(2)11-17(22)4/h6-11,18,21,23H,12-13H2,1-5H3. The van der Waals surface area contributed by atoms with Gasteiger partial charge in [0, 0.05) is 23.0 Å². The van der Waals surface area contributed by atoms with E-state index in [-0.39, 0.29) is 17.8 Å². The Balaban J connectivity index is 1.68. The first-order chi connectivity index (χ1) is 13.3. The number of rotatable bonds is 5. The number of ketones is 1. The van der Waals surface area contributed by atoms with Gasteiger partial charge in [-0.05, 0) is 56.5 Å². The van der Waals surface area contributed by atoms with Crippen LogP contribution in [0.25, 0.3) is 0 Å². The zero-order chi connectivity index (χ0) is 20.4. The molecule has 0 N–H and O–H groups in total. The van der Waals surface area contributed by atoms with Crippen molar-refractivity contribution in [3.8, 4) is 0 Å². The van der Waals surface area contributed by atoms with E-state index in [9.17, 15) is 9.59 Å². The number of hydrogen-bond donors (Lipinski definition) is 0. The van der Waals surface area contributed by atoms with Crippen LogP contribution in [-0.2, 0) is 14.3 Å². The monoisotopic (exact) mass is 396 g/mol. The second kappa shape index (κ2) is 8.52. The summed E-state index contributed by atoms with van der Waals surface area (Å²) in [7, 11) is 0. The third-order valence-electron chi connectivity index (χ3n) is 5.42. The van der Waals surface area contributed by atoms with Gasteiger partial charge in [-0.25, -0.2) is 0 Å². The first kappa shape index (κ1) is 20.7. The molecule has 0 spiro atoms. The van der Waals surface area contributed by atoms with Crippen molar-refractivity contribution in [2.45, 2.75) is 58.0 Å². The first-order valence-corrected chi connectivity index (χ1v) is 10.7. The van der Waals surface area contributed by atoms with Crippen LogP contribution >= 0.6 is 11.8 Å². The molecule has 3 rings (SSSR count). The normalized spacial score (nSPS) is 20.8. The fourth-order valence-electron chi connectivity index (χ4n) is 3.92. The van der Waals surface area contributed by atoms with Crippen LogP contribution in [0.4, 0.5) is 0 Å². The number of cyclic esters (lactones) is 1. The van der Waals surface area contributed by atoms with Crippen molar-refractivity contribution in [1.82, 2.24) is 0 Å². The maximum Gasteiger partial charge on any atom is 0.321 e. The van der Waals surface area contributed by atoms with Crippen LogP contribution in [0.5, 0.6) is 0 Å². The van der Waals surface area contributed by atoms with Gasteiger partial charge in [0.25, 0.3) is 0 Å². The van der Waals surface area contributed by atoms with Gasteiger partial charge in [0.15, 0.2) is 5.78 Å². The predicted molar refractivity (Wildman–Crippen MR) is 114 cm³/mol. The van der Waals surface area contributed by atoms with Gasteiger partial charge in [-0.2, -0.15) is 0 Å². The summed E-state index contributed by atoms with van der Waals surface area (Å²) in [5.41, 5.74) is 5.15. The molecule has 0 saturated carbocycles. The summed E-state index contributed by atoms with van der Waals surface area (Å²) in [4.78, 5) is 26.9. The minimum Gasteiger partial charge on any atom is -0.461 e. The molecular formula is C24H28O3S.